The van der Waals surface area contributed by atoms with E-state index >= 15 is 0 Å². The summed E-state index contributed by atoms with van der Waals surface area (Å²) < 4.78 is 26.7. The third-order valence-electron chi connectivity index (χ3n) is 2.21. The van der Waals surface area contributed by atoms with Crippen LogP contribution in [0.1, 0.15) is 10.4 Å². The van der Waals surface area contributed by atoms with Crippen LogP contribution in [0.3, 0.4) is 0 Å². The van der Waals surface area contributed by atoms with Crippen LogP contribution < -0.4 is 5.32 Å². The molecule has 0 heterocycles. The molecule has 1 amide bonds. The minimum Gasteiger partial charge on any atom is -0.322 e. The van der Waals surface area contributed by atoms with Gasteiger partial charge in [0, 0.05) is 21.8 Å². The fraction of sp³-hybridized carbons (Fsp3) is 0. The van der Waals surface area contributed by atoms with Crippen molar-refractivity contribution < 1.29 is 13.6 Å². The Labute approximate surface area is 111 Å². The summed E-state index contributed by atoms with van der Waals surface area (Å²) in [5.74, 6) is -2.13. The molecule has 0 aromatic heterocycles. The summed E-state index contributed by atoms with van der Waals surface area (Å²) in [7, 11) is 0. The lowest BCUT2D eigenvalue weighted by Crippen LogP contribution is -2.12. The second-order valence-electron chi connectivity index (χ2n) is 3.62. The van der Waals surface area contributed by atoms with Crippen LogP contribution in [-0.4, -0.2) is 5.91 Å². The summed E-state index contributed by atoms with van der Waals surface area (Å²) in [5, 5.41) is 2.55. The topological polar surface area (TPSA) is 29.1 Å². The van der Waals surface area contributed by atoms with Gasteiger partial charge in [0.25, 0.3) is 5.91 Å². The van der Waals surface area contributed by atoms with E-state index in [1.165, 1.54) is 0 Å². The minimum absolute atomic E-state index is 0.0625. The number of anilines is 1. The number of benzene rings is 2. The lowest BCUT2D eigenvalue weighted by molar-refractivity contribution is 0.102. The molecule has 92 valence electrons. The highest BCUT2D eigenvalue weighted by molar-refractivity contribution is 9.10. The molecule has 2 rings (SSSR count). The summed E-state index contributed by atoms with van der Waals surface area (Å²) in [6.45, 7) is 0. The van der Waals surface area contributed by atoms with Crippen LogP contribution in [0, 0.1) is 11.6 Å². The molecule has 0 aliphatic carbocycles. The molecular weight excluding hydrogens is 304 g/mol. The van der Waals surface area contributed by atoms with Gasteiger partial charge in [-0.2, -0.15) is 0 Å². The van der Waals surface area contributed by atoms with E-state index in [-0.39, 0.29) is 5.56 Å². The Kier molecular flexibility index (Phi) is 3.72. The highest BCUT2D eigenvalue weighted by Crippen LogP contribution is 2.17. The van der Waals surface area contributed by atoms with Crippen molar-refractivity contribution in [2.24, 2.45) is 0 Å². The first-order valence-corrected chi connectivity index (χ1v) is 5.87. The lowest BCUT2D eigenvalue weighted by atomic mass is 10.2. The molecule has 0 atom stereocenters. The predicted molar refractivity (Wildman–Crippen MR) is 68.5 cm³/mol. The smallest absolute Gasteiger partial charge is 0.255 e. The van der Waals surface area contributed by atoms with Crippen molar-refractivity contribution in [2.45, 2.75) is 0 Å². The van der Waals surface area contributed by atoms with Gasteiger partial charge < -0.3 is 5.32 Å². The van der Waals surface area contributed by atoms with E-state index in [1.807, 2.05) is 0 Å². The van der Waals surface area contributed by atoms with Gasteiger partial charge in [-0.05, 0) is 30.3 Å². The number of carbonyl (C=O) groups excluding carboxylic acids is 1. The average molecular weight is 312 g/mol. The Morgan fingerprint density at radius 3 is 2.33 bits per heavy atom. The quantitative estimate of drug-likeness (QED) is 0.893. The second kappa shape index (κ2) is 5.27. The van der Waals surface area contributed by atoms with Crippen LogP contribution in [0.4, 0.5) is 14.5 Å². The maximum absolute atomic E-state index is 13.0. The summed E-state index contributed by atoms with van der Waals surface area (Å²) in [6.07, 6.45) is 0. The largest absolute Gasteiger partial charge is 0.322 e. The summed E-state index contributed by atoms with van der Waals surface area (Å²) >= 11 is 3.26. The van der Waals surface area contributed by atoms with E-state index in [2.05, 4.69) is 21.2 Å². The van der Waals surface area contributed by atoms with Gasteiger partial charge in [0.2, 0.25) is 0 Å². The van der Waals surface area contributed by atoms with Crippen LogP contribution in [0.2, 0.25) is 0 Å². The van der Waals surface area contributed by atoms with Gasteiger partial charge in [-0.25, -0.2) is 8.78 Å². The van der Waals surface area contributed by atoms with E-state index < -0.39 is 17.5 Å². The molecule has 0 aliphatic rings. The zero-order chi connectivity index (χ0) is 13.1. The van der Waals surface area contributed by atoms with Crippen molar-refractivity contribution in [3.8, 4) is 0 Å². The van der Waals surface area contributed by atoms with Crippen molar-refractivity contribution in [1.82, 2.24) is 0 Å². The van der Waals surface area contributed by atoms with Crippen LogP contribution in [-0.2, 0) is 0 Å². The normalized spacial score (nSPS) is 10.2. The van der Waals surface area contributed by atoms with Gasteiger partial charge in [-0.1, -0.05) is 22.0 Å². The summed E-state index contributed by atoms with van der Waals surface area (Å²) in [4.78, 5) is 11.8. The number of hydrogen-bond donors (Lipinski definition) is 1. The molecule has 0 radical (unpaired) electrons. The lowest BCUT2D eigenvalue weighted by Gasteiger charge is -2.06. The molecular formula is C13H8BrF2NO. The van der Waals surface area contributed by atoms with Crippen LogP contribution in [0.5, 0.6) is 0 Å². The number of hydrogen-bond acceptors (Lipinski definition) is 1. The van der Waals surface area contributed by atoms with E-state index in [0.717, 1.165) is 22.7 Å². The maximum Gasteiger partial charge on any atom is 0.255 e. The minimum atomic E-state index is -0.783. The molecule has 2 nitrogen and oxygen atoms in total. The average Bonchev–Trinajstić information content (AvgIpc) is 2.27. The molecule has 5 heteroatoms. The molecule has 0 saturated carbocycles. The molecule has 0 saturated heterocycles. The zero-order valence-electron chi connectivity index (χ0n) is 9.08. The molecule has 0 fully saturated rings. The molecule has 0 spiro atoms. The van der Waals surface area contributed by atoms with Gasteiger partial charge in [0.15, 0.2) is 0 Å². The highest BCUT2D eigenvalue weighted by atomic mass is 79.9. The van der Waals surface area contributed by atoms with Crippen molar-refractivity contribution in [2.75, 3.05) is 5.32 Å². The molecule has 0 unspecified atom stereocenters. The second-order valence-corrected chi connectivity index (χ2v) is 4.54. The molecule has 0 aliphatic heterocycles. The number of rotatable bonds is 2. The zero-order valence-corrected chi connectivity index (χ0v) is 10.7. The van der Waals surface area contributed by atoms with Crippen LogP contribution in [0.25, 0.3) is 0 Å². The first-order chi connectivity index (χ1) is 8.54. The van der Waals surface area contributed by atoms with Gasteiger partial charge in [-0.15, -0.1) is 0 Å². The van der Waals surface area contributed by atoms with E-state index in [0.29, 0.717) is 5.69 Å². The predicted octanol–water partition coefficient (Wildman–Crippen LogP) is 3.98. The van der Waals surface area contributed by atoms with Gasteiger partial charge in [-0.3, -0.25) is 4.79 Å². The van der Waals surface area contributed by atoms with Crippen molar-refractivity contribution in [3.63, 3.8) is 0 Å². The van der Waals surface area contributed by atoms with Crippen molar-refractivity contribution in [1.29, 1.82) is 0 Å². The Hall–Kier alpha value is -1.75. The third kappa shape index (κ3) is 3.13. The van der Waals surface area contributed by atoms with Gasteiger partial charge >= 0.3 is 0 Å². The van der Waals surface area contributed by atoms with Crippen molar-refractivity contribution in [3.05, 3.63) is 64.1 Å². The molecule has 1 N–H and O–H groups in total. The van der Waals surface area contributed by atoms with E-state index in [9.17, 15) is 13.6 Å². The first kappa shape index (κ1) is 12.7. The van der Waals surface area contributed by atoms with Crippen LogP contribution in [0.15, 0.2) is 46.9 Å². The molecule has 0 bridgehead atoms. The Balaban J connectivity index is 2.22. The standard InChI is InChI=1S/C13H8BrF2NO/c14-9-2-1-3-12(6-9)17-13(18)8-4-10(15)7-11(16)5-8/h1-7H,(H,17,18). The third-order valence-corrected chi connectivity index (χ3v) is 2.70. The van der Waals surface area contributed by atoms with Crippen molar-refractivity contribution >= 4 is 27.5 Å². The Morgan fingerprint density at radius 1 is 1.06 bits per heavy atom. The number of amides is 1. The van der Waals surface area contributed by atoms with Gasteiger partial charge in [0.1, 0.15) is 11.6 Å². The summed E-state index contributed by atoms with van der Waals surface area (Å²) in [6, 6.07) is 9.60. The number of nitrogens with one attached hydrogen (secondary N) is 1. The first-order valence-electron chi connectivity index (χ1n) is 5.07. The number of halogens is 3. The molecule has 2 aromatic rings. The Bertz CT molecular complexity index is 581. The summed E-state index contributed by atoms with van der Waals surface area (Å²) in [5.41, 5.74) is 0.478. The van der Waals surface area contributed by atoms with E-state index in [1.54, 1.807) is 24.3 Å². The van der Waals surface area contributed by atoms with Crippen LogP contribution >= 0.6 is 15.9 Å². The fourth-order valence-corrected chi connectivity index (χ4v) is 1.85. The van der Waals surface area contributed by atoms with Gasteiger partial charge in [0.05, 0.1) is 0 Å². The monoisotopic (exact) mass is 311 g/mol. The molecule has 2 aromatic carbocycles. The highest BCUT2D eigenvalue weighted by Gasteiger charge is 2.09. The number of carbonyl (C=O) groups is 1. The SMILES string of the molecule is O=C(Nc1cccc(Br)c1)c1cc(F)cc(F)c1. The fourth-order valence-electron chi connectivity index (χ4n) is 1.45. The molecule has 18 heavy (non-hydrogen) atoms. The maximum atomic E-state index is 13.0. The van der Waals surface area contributed by atoms with E-state index in [4.69, 9.17) is 0 Å². The Morgan fingerprint density at radius 2 is 1.72 bits per heavy atom.